The van der Waals surface area contributed by atoms with E-state index in [1.807, 2.05) is 6.92 Å². The van der Waals surface area contributed by atoms with Gasteiger partial charge in [-0.15, -0.1) is 0 Å². The highest BCUT2D eigenvalue weighted by Gasteiger charge is 2.30. The fourth-order valence-electron chi connectivity index (χ4n) is 2.21. The minimum atomic E-state index is -0.0451. The molecule has 1 unspecified atom stereocenters. The first-order valence-electron chi connectivity index (χ1n) is 5.03. The van der Waals surface area contributed by atoms with Gasteiger partial charge in [0.2, 0.25) is 6.79 Å². The molecule has 4 nitrogen and oxygen atoms in total. The Morgan fingerprint density at radius 2 is 2.27 bits per heavy atom. The van der Waals surface area contributed by atoms with E-state index < -0.39 is 0 Å². The van der Waals surface area contributed by atoms with Crippen LogP contribution in [0.4, 0.5) is 0 Å². The summed E-state index contributed by atoms with van der Waals surface area (Å²) in [6.45, 7) is 2.82. The van der Waals surface area contributed by atoms with Crippen molar-refractivity contribution in [3.05, 3.63) is 17.2 Å². The third kappa shape index (κ3) is 1.18. The topological polar surface area (TPSA) is 47.9 Å². The van der Waals surface area contributed by atoms with Crippen molar-refractivity contribution in [1.29, 1.82) is 0 Å². The molecule has 2 heterocycles. The number of benzene rings is 1. The maximum atomic E-state index is 9.85. The predicted octanol–water partition coefficient (Wildman–Crippen LogP) is 1.75. The van der Waals surface area contributed by atoms with Crippen LogP contribution in [-0.4, -0.2) is 18.5 Å². The van der Waals surface area contributed by atoms with Gasteiger partial charge in [-0.2, -0.15) is 0 Å². The van der Waals surface area contributed by atoms with Gasteiger partial charge in [-0.3, -0.25) is 0 Å². The predicted molar refractivity (Wildman–Crippen MR) is 52.3 cm³/mol. The maximum absolute atomic E-state index is 9.85. The molecule has 0 aliphatic carbocycles. The van der Waals surface area contributed by atoms with Crippen LogP contribution in [0.25, 0.3) is 0 Å². The molecule has 1 N–H and O–H groups in total. The summed E-state index contributed by atoms with van der Waals surface area (Å²) in [5, 5.41) is 9.85. The third-order valence-corrected chi connectivity index (χ3v) is 2.91. The molecular weight excluding hydrogens is 196 g/mol. The number of phenols is 1. The van der Waals surface area contributed by atoms with Crippen molar-refractivity contribution >= 4 is 0 Å². The minimum absolute atomic E-state index is 0.0451. The summed E-state index contributed by atoms with van der Waals surface area (Å²) in [7, 11) is 0. The van der Waals surface area contributed by atoms with E-state index in [2.05, 4.69) is 0 Å². The molecule has 0 aromatic heterocycles. The summed E-state index contributed by atoms with van der Waals surface area (Å²) < 4.78 is 16.2. The van der Waals surface area contributed by atoms with Gasteiger partial charge in [0.1, 0.15) is 5.75 Å². The zero-order valence-electron chi connectivity index (χ0n) is 8.45. The molecule has 1 aromatic rings. The molecule has 4 heteroatoms. The summed E-state index contributed by atoms with van der Waals surface area (Å²) in [6.07, 6.45) is 0.679. The van der Waals surface area contributed by atoms with Crippen molar-refractivity contribution in [2.75, 3.05) is 13.4 Å². The Labute approximate surface area is 87.4 Å². The third-order valence-electron chi connectivity index (χ3n) is 2.91. The molecule has 0 fully saturated rings. The molecular formula is C11H12O4. The Hall–Kier alpha value is -1.42. The van der Waals surface area contributed by atoms with E-state index in [1.54, 1.807) is 6.07 Å². The summed E-state index contributed by atoms with van der Waals surface area (Å²) in [4.78, 5) is 0. The number of hydrogen-bond acceptors (Lipinski definition) is 4. The van der Waals surface area contributed by atoms with Gasteiger partial charge in [-0.05, 0) is 13.3 Å². The molecule has 1 aromatic carbocycles. The van der Waals surface area contributed by atoms with E-state index in [0.29, 0.717) is 12.4 Å². The normalized spacial score (nSPS) is 22.6. The second-order valence-electron chi connectivity index (χ2n) is 3.78. The van der Waals surface area contributed by atoms with Gasteiger partial charge in [0, 0.05) is 17.2 Å². The fraction of sp³-hybridized carbons (Fsp3) is 0.455. The lowest BCUT2D eigenvalue weighted by molar-refractivity contribution is 0.0522. The SMILES string of the molecule is CC1OCCc2c(O)cc3c(c21)OCO3. The Morgan fingerprint density at radius 1 is 1.40 bits per heavy atom. The van der Waals surface area contributed by atoms with Crippen molar-refractivity contribution < 1.29 is 19.3 Å². The molecule has 15 heavy (non-hydrogen) atoms. The van der Waals surface area contributed by atoms with Crippen molar-refractivity contribution in [2.45, 2.75) is 19.4 Å². The highest BCUT2D eigenvalue weighted by atomic mass is 16.7. The van der Waals surface area contributed by atoms with Crippen molar-refractivity contribution in [2.24, 2.45) is 0 Å². The van der Waals surface area contributed by atoms with Crippen LogP contribution in [0, 0.1) is 0 Å². The largest absolute Gasteiger partial charge is 0.508 e. The molecule has 0 saturated heterocycles. The van der Waals surface area contributed by atoms with E-state index in [9.17, 15) is 5.11 Å². The summed E-state index contributed by atoms with van der Waals surface area (Å²) >= 11 is 0. The number of phenolic OH excluding ortho intramolecular Hbond substituents is 1. The van der Waals surface area contributed by atoms with Crippen molar-refractivity contribution in [1.82, 2.24) is 0 Å². The van der Waals surface area contributed by atoms with E-state index in [-0.39, 0.29) is 18.6 Å². The van der Waals surface area contributed by atoms with E-state index >= 15 is 0 Å². The van der Waals surface area contributed by atoms with E-state index in [4.69, 9.17) is 14.2 Å². The molecule has 3 rings (SSSR count). The average Bonchev–Trinajstić information content (AvgIpc) is 2.66. The van der Waals surface area contributed by atoms with Crippen LogP contribution in [-0.2, 0) is 11.2 Å². The Kier molecular flexibility index (Phi) is 1.79. The number of fused-ring (bicyclic) bond motifs is 3. The number of hydrogen-bond donors (Lipinski definition) is 1. The first kappa shape index (κ1) is 8.85. The molecule has 2 aliphatic rings. The smallest absolute Gasteiger partial charge is 0.231 e. The number of rotatable bonds is 0. The first-order chi connectivity index (χ1) is 7.27. The zero-order chi connectivity index (χ0) is 10.4. The van der Waals surface area contributed by atoms with E-state index in [0.717, 1.165) is 23.3 Å². The maximum Gasteiger partial charge on any atom is 0.231 e. The van der Waals surface area contributed by atoms with Crippen LogP contribution in [0.1, 0.15) is 24.2 Å². The van der Waals surface area contributed by atoms with Crippen LogP contribution in [0.2, 0.25) is 0 Å². The zero-order valence-corrected chi connectivity index (χ0v) is 8.45. The van der Waals surface area contributed by atoms with Crippen LogP contribution < -0.4 is 9.47 Å². The minimum Gasteiger partial charge on any atom is -0.508 e. The van der Waals surface area contributed by atoms with Gasteiger partial charge in [-0.1, -0.05) is 0 Å². The van der Waals surface area contributed by atoms with Crippen molar-refractivity contribution in [3.63, 3.8) is 0 Å². The molecule has 0 bridgehead atoms. The van der Waals surface area contributed by atoms with Gasteiger partial charge in [0.25, 0.3) is 0 Å². The van der Waals surface area contributed by atoms with Crippen molar-refractivity contribution in [3.8, 4) is 17.2 Å². The molecule has 2 aliphatic heterocycles. The molecule has 80 valence electrons. The molecule has 0 spiro atoms. The fourth-order valence-corrected chi connectivity index (χ4v) is 2.21. The molecule has 0 radical (unpaired) electrons. The second-order valence-corrected chi connectivity index (χ2v) is 3.78. The van der Waals surface area contributed by atoms with Crippen LogP contribution in [0.5, 0.6) is 17.2 Å². The van der Waals surface area contributed by atoms with Gasteiger partial charge >= 0.3 is 0 Å². The lowest BCUT2D eigenvalue weighted by atomic mass is 9.96. The Bertz CT molecular complexity index is 410. The molecule has 1 atom stereocenters. The Morgan fingerprint density at radius 3 is 3.13 bits per heavy atom. The van der Waals surface area contributed by atoms with Gasteiger partial charge in [-0.25, -0.2) is 0 Å². The monoisotopic (exact) mass is 208 g/mol. The van der Waals surface area contributed by atoms with Crippen LogP contribution in [0.3, 0.4) is 0 Å². The molecule has 0 saturated carbocycles. The highest BCUT2D eigenvalue weighted by molar-refractivity contribution is 5.59. The lowest BCUT2D eigenvalue weighted by Crippen LogP contribution is -2.14. The van der Waals surface area contributed by atoms with E-state index in [1.165, 1.54) is 0 Å². The lowest BCUT2D eigenvalue weighted by Gasteiger charge is -2.24. The van der Waals surface area contributed by atoms with Gasteiger partial charge in [0.05, 0.1) is 12.7 Å². The summed E-state index contributed by atoms with van der Waals surface area (Å²) in [5.41, 5.74) is 1.87. The average molecular weight is 208 g/mol. The number of aromatic hydroxyl groups is 1. The first-order valence-corrected chi connectivity index (χ1v) is 5.03. The summed E-state index contributed by atoms with van der Waals surface area (Å²) in [5.74, 6) is 1.63. The quantitative estimate of drug-likeness (QED) is 0.705. The van der Waals surface area contributed by atoms with Gasteiger partial charge < -0.3 is 19.3 Å². The summed E-state index contributed by atoms with van der Waals surface area (Å²) in [6, 6.07) is 1.62. The van der Waals surface area contributed by atoms with Crippen LogP contribution in [0.15, 0.2) is 6.07 Å². The molecule has 0 amide bonds. The highest BCUT2D eigenvalue weighted by Crippen LogP contribution is 2.47. The van der Waals surface area contributed by atoms with Gasteiger partial charge in [0.15, 0.2) is 11.5 Å². The Balaban J connectivity index is 2.25. The standard InChI is InChI=1S/C11H12O4/c1-6-10-7(2-3-13-6)8(12)4-9-11(10)15-5-14-9/h4,6,12H,2-3,5H2,1H3. The second kappa shape index (κ2) is 3.03. The van der Waals surface area contributed by atoms with Crippen LogP contribution >= 0.6 is 0 Å². The number of ether oxygens (including phenoxy) is 3.